The average molecular weight is 223 g/mol. The van der Waals surface area contributed by atoms with Crippen LogP contribution in [0.4, 0.5) is 0 Å². The highest BCUT2D eigenvalue weighted by atomic mass is 16.6. The molecule has 5 heteroatoms. The molecule has 0 aliphatic rings. The van der Waals surface area contributed by atoms with Crippen LogP contribution >= 0.6 is 0 Å². The summed E-state index contributed by atoms with van der Waals surface area (Å²) in [6.45, 7) is 5.62. The maximum Gasteiger partial charge on any atom is 0.249 e. The van der Waals surface area contributed by atoms with Crippen LogP contribution in [0.5, 0.6) is 0 Å². The predicted octanol–water partition coefficient (Wildman–Crippen LogP) is 2.26. The maximum absolute atomic E-state index is 10.9. The number of hydrogen-bond donors (Lipinski definition) is 0. The van der Waals surface area contributed by atoms with Gasteiger partial charge in [0, 0.05) is 30.8 Å². The second-order valence-corrected chi connectivity index (χ2v) is 4.04. The third-order valence-corrected chi connectivity index (χ3v) is 2.38. The molecule has 16 heavy (non-hydrogen) atoms. The van der Waals surface area contributed by atoms with E-state index in [0.717, 1.165) is 17.7 Å². The standard InChI is InChI=1S/C11H17N3O2/c1-5-10-9(7-13(4)12-10)6-11(8(2)3)14(15)16/h6-8H,5H2,1-4H3/b11-6-. The Bertz CT molecular complexity index is 419. The van der Waals surface area contributed by atoms with E-state index in [4.69, 9.17) is 0 Å². The van der Waals surface area contributed by atoms with Crippen LogP contribution in [-0.2, 0) is 13.5 Å². The van der Waals surface area contributed by atoms with Crippen LogP contribution in [0.15, 0.2) is 11.9 Å². The van der Waals surface area contributed by atoms with Crippen LogP contribution in [0.1, 0.15) is 32.0 Å². The van der Waals surface area contributed by atoms with Crippen LogP contribution in [0.3, 0.4) is 0 Å². The van der Waals surface area contributed by atoms with Crippen molar-refractivity contribution in [1.82, 2.24) is 9.78 Å². The highest BCUT2D eigenvalue weighted by molar-refractivity contribution is 5.53. The van der Waals surface area contributed by atoms with E-state index in [1.54, 1.807) is 10.8 Å². The van der Waals surface area contributed by atoms with Gasteiger partial charge in [-0.15, -0.1) is 0 Å². The van der Waals surface area contributed by atoms with Crippen molar-refractivity contribution in [3.63, 3.8) is 0 Å². The van der Waals surface area contributed by atoms with Crippen molar-refractivity contribution in [3.8, 4) is 0 Å². The SMILES string of the molecule is CCc1nn(C)cc1/C=C(/C(C)C)[N+](=O)[O-]. The summed E-state index contributed by atoms with van der Waals surface area (Å²) >= 11 is 0. The monoisotopic (exact) mass is 223 g/mol. The van der Waals surface area contributed by atoms with Crippen molar-refractivity contribution in [2.24, 2.45) is 13.0 Å². The van der Waals surface area contributed by atoms with E-state index >= 15 is 0 Å². The normalized spacial score (nSPS) is 12.2. The number of rotatable bonds is 4. The van der Waals surface area contributed by atoms with Crippen molar-refractivity contribution < 1.29 is 4.92 Å². The topological polar surface area (TPSA) is 61.0 Å². The molecule has 0 N–H and O–H groups in total. The van der Waals surface area contributed by atoms with Crippen molar-refractivity contribution >= 4 is 6.08 Å². The lowest BCUT2D eigenvalue weighted by molar-refractivity contribution is -0.431. The van der Waals surface area contributed by atoms with Gasteiger partial charge in [0.1, 0.15) is 0 Å². The molecule has 0 aromatic carbocycles. The van der Waals surface area contributed by atoms with E-state index in [9.17, 15) is 10.1 Å². The number of aryl methyl sites for hydroxylation is 2. The van der Waals surface area contributed by atoms with Gasteiger partial charge in [-0.05, 0) is 6.42 Å². The summed E-state index contributed by atoms with van der Waals surface area (Å²) in [5.41, 5.74) is 1.95. The lowest BCUT2D eigenvalue weighted by atomic mass is 10.1. The zero-order valence-corrected chi connectivity index (χ0v) is 10.1. The molecule has 0 radical (unpaired) electrons. The quantitative estimate of drug-likeness (QED) is 0.581. The van der Waals surface area contributed by atoms with Crippen molar-refractivity contribution in [3.05, 3.63) is 33.3 Å². The Morgan fingerprint density at radius 2 is 2.31 bits per heavy atom. The molecule has 0 aliphatic carbocycles. The molecule has 0 aliphatic heterocycles. The van der Waals surface area contributed by atoms with E-state index in [-0.39, 0.29) is 16.5 Å². The molecule has 0 atom stereocenters. The minimum absolute atomic E-state index is 0.0973. The molecule has 1 aromatic heterocycles. The van der Waals surface area contributed by atoms with E-state index < -0.39 is 0 Å². The molecule has 5 nitrogen and oxygen atoms in total. The van der Waals surface area contributed by atoms with Crippen molar-refractivity contribution in [2.45, 2.75) is 27.2 Å². The summed E-state index contributed by atoms with van der Waals surface area (Å²) in [5, 5.41) is 15.1. The molecule has 0 fully saturated rings. The molecule has 0 unspecified atom stereocenters. The zero-order valence-electron chi connectivity index (χ0n) is 10.1. The summed E-state index contributed by atoms with van der Waals surface area (Å²) in [7, 11) is 1.82. The molecule has 1 heterocycles. The van der Waals surface area contributed by atoms with Crippen LogP contribution in [0.25, 0.3) is 6.08 Å². The van der Waals surface area contributed by atoms with E-state index in [1.807, 2.05) is 34.0 Å². The highest BCUT2D eigenvalue weighted by Gasteiger charge is 2.17. The zero-order chi connectivity index (χ0) is 12.3. The highest BCUT2D eigenvalue weighted by Crippen LogP contribution is 2.17. The molecule has 0 saturated carbocycles. The van der Waals surface area contributed by atoms with Gasteiger partial charge < -0.3 is 0 Å². The summed E-state index contributed by atoms with van der Waals surface area (Å²) in [5.74, 6) is -0.0973. The second-order valence-electron chi connectivity index (χ2n) is 4.04. The first-order valence-corrected chi connectivity index (χ1v) is 5.34. The molecule has 0 bridgehead atoms. The Balaban J connectivity index is 3.17. The first-order valence-electron chi connectivity index (χ1n) is 5.34. The number of aromatic nitrogens is 2. The molecule has 0 amide bonds. The average Bonchev–Trinajstić information content (AvgIpc) is 2.54. The Morgan fingerprint density at radius 1 is 1.69 bits per heavy atom. The van der Waals surface area contributed by atoms with Crippen molar-refractivity contribution in [1.29, 1.82) is 0 Å². The summed E-state index contributed by atoms with van der Waals surface area (Å²) in [4.78, 5) is 10.5. The number of nitrogens with zero attached hydrogens (tertiary/aromatic N) is 3. The fourth-order valence-corrected chi connectivity index (χ4v) is 1.54. The van der Waals surface area contributed by atoms with E-state index in [1.165, 1.54) is 0 Å². The molecular formula is C11H17N3O2. The summed E-state index contributed by atoms with van der Waals surface area (Å²) in [6.07, 6.45) is 4.21. The van der Waals surface area contributed by atoms with E-state index in [0.29, 0.717) is 0 Å². The fraction of sp³-hybridized carbons (Fsp3) is 0.545. The Kier molecular flexibility index (Phi) is 3.82. The van der Waals surface area contributed by atoms with Gasteiger partial charge in [0.25, 0.3) is 0 Å². The van der Waals surface area contributed by atoms with Gasteiger partial charge in [-0.25, -0.2) is 0 Å². The van der Waals surface area contributed by atoms with Crippen LogP contribution in [0.2, 0.25) is 0 Å². The second kappa shape index (κ2) is 4.92. The first-order chi connectivity index (χ1) is 7.45. The Labute approximate surface area is 94.9 Å². The largest absolute Gasteiger partial charge is 0.275 e. The van der Waals surface area contributed by atoms with Gasteiger partial charge in [0.15, 0.2) is 0 Å². The molecule has 0 saturated heterocycles. The minimum atomic E-state index is -0.322. The molecule has 1 rings (SSSR count). The number of hydrogen-bond acceptors (Lipinski definition) is 3. The van der Waals surface area contributed by atoms with Crippen molar-refractivity contribution in [2.75, 3.05) is 0 Å². The van der Waals surface area contributed by atoms with Gasteiger partial charge in [0.2, 0.25) is 5.70 Å². The lowest BCUT2D eigenvalue weighted by Crippen LogP contribution is -2.05. The predicted molar refractivity (Wildman–Crippen MR) is 62.4 cm³/mol. The number of allylic oxidation sites excluding steroid dienone is 1. The van der Waals surface area contributed by atoms with Gasteiger partial charge in [-0.1, -0.05) is 20.8 Å². The summed E-state index contributed by atoms with van der Waals surface area (Å²) in [6, 6.07) is 0. The maximum atomic E-state index is 10.9. The molecule has 88 valence electrons. The summed E-state index contributed by atoms with van der Waals surface area (Å²) < 4.78 is 1.68. The minimum Gasteiger partial charge on any atom is -0.275 e. The van der Waals surface area contributed by atoms with Crippen LogP contribution < -0.4 is 0 Å². The Hall–Kier alpha value is -1.65. The van der Waals surface area contributed by atoms with E-state index in [2.05, 4.69) is 5.10 Å². The van der Waals surface area contributed by atoms with Gasteiger partial charge >= 0.3 is 0 Å². The van der Waals surface area contributed by atoms with Gasteiger partial charge in [-0.2, -0.15) is 5.10 Å². The molecule has 1 aromatic rings. The van der Waals surface area contributed by atoms with Crippen LogP contribution in [-0.4, -0.2) is 14.7 Å². The lowest BCUT2D eigenvalue weighted by Gasteiger charge is -2.01. The molecular weight excluding hydrogens is 206 g/mol. The fourth-order valence-electron chi connectivity index (χ4n) is 1.54. The smallest absolute Gasteiger partial charge is 0.249 e. The number of nitro groups is 1. The third kappa shape index (κ3) is 2.68. The Morgan fingerprint density at radius 3 is 2.75 bits per heavy atom. The third-order valence-electron chi connectivity index (χ3n) is 2.38. The molecule has 0 spiro atoms. The van der Waals surface area contributed by atoms with Gasteiger partial charge in [0.05, 0.1) is 10.6 Å². The van der Waals surface area contributed by atoms with Gasteiger partial charge in [-0.3, -0.25) is 14.8 Å². The first kappa shape index (κ1) is 12.4. The van der Waals surface area contributed by atoms with Crippen LogP contribution in [0, 0.1) is 16.0 Å².